The van der Waals surface area contributed by atoms with Gasteiger partial charge in [-0.1, -0.05) is 6.07 Å². The summed E-state index contributed by atoms with van der Waals surface area (Å²) >= 11 is 0. The maximum Gasteiger partial charge on any atom is 0.161 e. The minimum atomic E-state index is 0.633. The van der Waals surface area contributed by atoms with Crippen molar-refractivity contribution in [1.82, 2.24) is 15.1 Å². The van der Waals surface area contributed by atoms with Crippen molar-refractivity contribution in [3.8, 4) is 11.5 Å². The summed E-state index contributed by atoms with van der Waals surface area (Å²) in [5, 5.41) is 7.61. The van der Waals surface area contributed by atoms with Gasteiger partial charge in [0.25, 0.3) is 0 Å². The van der Waals surface area contributed by atoms with Crippen LogP contribution in [0.15, 0.2) is 36.7 Å². The molecule has 3 rings (SSSR count). The molecule has 20 heavy (non-hydrogen) atoms. The van der Waals surface area contributed by atoms with Crippen molar-refractivity contribution < 1.29 is 9.47 Å². The molecule has 1 aliphatic heterocycles. The number of rotatable bonds is 6. The number of nitrogens with zero attached hydrogens (tertiary/aromatic N) is 2. The van der Waals surface area contributed by atoms with Crippen LogP contribution in [0.1, 0.15) is 12.0 Å². The van der Waals surface area contributed by atoms with E-state index in [0.717, 1.165) is 37.6 Å². The summed E-state index contributed by atoms with van der Waals surface area (Å²) in [4.78, 5) is 0. The summed E-state index contributed by atoms with van der Waals surface area (Å²) in [5.74, 6) is 1.70. The number of nitrogens with one attached hydrogen (secondary N) is 1. The first-order chi connectivity index (χ1) is 9.92. The number of hydrogen-bond donors (Lipinski definition) is 1. The standard InChI is InChI=1S/C15H19N3O2/c1(7-18-8-2-6-17-18)5-16-12-13-3-4-14-15(11-13)20-10-9-19-14/h2-4,6,8,11,16H,1,5,7,9-10,12H2. The van der Waals surface area contributed by atoms with Gasteiger partial charge in [0.05, 0.1) is 0 Å². The predicted octanol–water partition coefficient (Wildman–Crippen LogP) is 1.83. The topological polar surface area (TPSA) is 48.3 Å². The second-order valence-electron chi connectivity index (χ2n) is 4.78. The summed E-state index contributed by atoms with van der Waals surface area (Å²) in [6.45, 7) is 4.02. The van der Waals surface area contributed by atoms with Crippen LogP contribution in [0, 0.1) is 0 Å². The van der Waals surface area contributed by atoms with Crippen LogP contribution in [0.3, 0.4) is 0 Å². The molecule has 0 radical (unpaired) electrons. The van der Waals surface area contributed by atoms with E-state index in [0.29, 0.717) is 13.2 Å². The molecule has 0 saturated heterocycles. The molecule has 5 heteroatoms. The molecule has 2 aromatic rings. The van der Waals surface area contributed by atoms with Gasteiger partial charge >= 0.3 is 0 Å². The molecule has 1 aromatic carbocycles. The Labute approximate surface area is 118 Å². The molecule has 0 amide bonds. The zero-order valence-corrected chi connectivity index (χ0v) is 11.4. The fourth-order valence-electron chi connectivity index (χ4n) is 2.23. The van der Waals surface area contributed by atoms with E-state index in [4.69, 9.17) is 9.47 Å². The first kappa shape index (κ1) is 13.0. The first-order valence-electron chi connectivity index (χ1n) is 6.98. The van der Waals surface area contributed by atoms with Crippen LogP contribution in [0.25, 0.3) is 0 Å². The lowest BCUT2D eigenvalue weighted by Crippen LogP contribution is -2.18. The molecule has 0 bridgehead atoms. The van der Waals surface area contributed by atoms with E-state index in [-0.39, 0.29) is 0 Å². The molecule has 1 aliphatic rings. The van der Waals surface area contributed by atoms with Crippen molar-refractivity contribution in [1.29, 1.82) is 0 Å². The van der Waals surface area contributed by atoms with Gasteiger partial charge in [0.2, 0.25) is 0 Å². The fraction of sp³-hybridized carbons (Fsp3) is 0.400. The van der Waals surface area contributed by atoms with E-state index in [1.54, 1.807) is 0 Å². The Balaban J connectivity index is 1.42. The highest BCUT2D eigenvalue weighted by atomic mass is 16.6. The lowest BCUT2D eigenvalue weighted by atomic mass is 10.2. The predicted molar refractivity (Wildman–Crippen MR) is 76.0 cm³/mol. The third-order valence-electron chi connectivity index (χ3n) is 3.24. The number of fused-ring (bicyclic) bond motifs is 1. The molecule has 0 spiro atoms. The molecule has 0 fully saturated rings. The van der Waals surface area contributed by atoms with Gasteiger partial charge in [0.15, 0.2) is 11.5 Å². The van der Waals surface area contributed by atoms with Crippen molar-refractivity contribution in [3.05, 3.63) is 42.2 Å². The van der Waals surface area contributed by atoms with Crippen molar-refractivity contribution in [2.24, 2.45) is 0 Å². The van der Waals surface area contributed by atoms with Gasteiger partial charge < -0.3 is 14.8 Å². The van der Waals surface area contributed by atoms with E-state index in [1.807, 2.05) is 29.2 Å². The van der Waals surface area contributed by atoms with E-state index in [1.165, 1.54) is 5.56 Å². The molecule has 1 N–H and O–H groups in total. The molecule has 0 aliphatic carbocycles. The number of hydrogen-bond acceptors (Lipinski definition) is 4. The van der Waals surface area contributed by atoms with Gasteiger partial charge in [-0.15, -0.1) is 0 Å². The second kappa shape index (κ2) is 6.43. The van der Waals surface area contributed by atoms with Crippen LogP contribution >= 0.6 is 0 Å². The largest absolute Gasteiger partial charge is 0.486 e. The van der Waals surface area contributed by atoms with Crippen LogP contribution in [0.5, 0.6) is 11.5 Å². The number of aryl methyl sites for hydroxylation is 1. The summed E-state index contributed by atoms with van der Waals surface area (Å²) in [6.07, 6.45) is 4.86. The van der Waals surface area contributed by atoms with E-state index in [9.17, 15) is 0 Å². The van der Waals surface area contributed by atoms with Gasteiger partial charge in [-0.3, -0.25) is 4.68 Å². The molecule has 5 nitrogen and oxygen atoms in total. The lowest BCUT2D eigenvalue weighted by molar-refractivity contribution is 0.171. The highest BCUT2D eigenvalue weighted by Crippen LogP contribution is 2.30. The molecule has 106 valence electrons. The first-order valence-corrected chi connectivity index (χ1v) is 6.98. The average molecular weight is 273 g/mol. The maximum absolute atomic E-state index is 5.58. The zero-order valence-electron chi connectivity index (χ0n) is 11.4. The van der Waals surface area contributed by atoms with Crippen molar-refractivity contribution in [3.63, 3.8) is 0 Å². The highest BCUT2D eigenvalue weighted by Gasteiger charge is 2.11. The van der Waals surface area contributed by atoms with Gasteiger partial charge in [-0.2, -0.15) is 5.10 Å². The SMILES string of the molecule is c1cnn(CCCNCc2ccc3c(c2)OCCO3)c1. The zero-order chi connectivity index (χ0) is 13.6. The van der Waals surface area contributed by atoms with Crippen LogP contribution in [0.2, 0.25) is 0 Å². The van der Waals surface area contributed by atoms with E-state index in [2.05, 4.69) is 22.5 Å². The quantitative estimate of drug-likeness (QED) is 0.816. The van der Waals surface area contributed by atoms with Crippen molar-refractivity contribution in [2.45, 2.75) is 19.5 Å². The third kappa shape index (κ3) is 3.30. The van der Waals surface area contributed by atoms with Gasteiger partial charge in [0, 0.05) is 25.5 Å². The van der Waals surface area contributed by atoms with Crippen LogP contribution in [0.4, 0.5) is 0 Å². The number of ether oxygens (including phenoxy) is 2. The molecule has 1 aromatic heterocycles. The number of aromatic nitrogens is 2. The second-order valence-corrected chi connectivity index (χ2v) is 4.78. The maximum atomic E-state index is 5.58. The minimum absolute atomic E-state index is 0.633. The molecular weight excluding hydrogens is 254 g/mol. The Bertz CT molecular complexity index is 540. The fourth-order valence-corrected chi connectivity index (χ4v) is 2.23. The Hall–Kier alpha value is -2.01. The molecule has 0 saturated carbocycles. The Morgan fingerprint density at radius 2 is 2.10 bits per heavy atom. The average Bonchev–Trinajstić information content (AvgIpc) is 3.00. The van der Waals surface area contributed by atoms with Crippen molar-refractivity contribution in [2.75, 3.05) is 19.8 Å². The monoisotopic (exact) mass is 273 g/mol. The van der Waals surface area contributed by atoms with E-state index < -0.39 is 0 Å². The summed E-state index contributed by atoms with van der Waals surface area (Å²) < 4.78 is 13.0. The summed E-state index contributed by atoms with van der Waals surface area (Å²) in [6, 6.07) is 8.06. The van der Waals surface area contributed by atoms with Crippen LogP contribution < -0.4 is 14.8 Å². The molecule has 2 heterocycles. The summed E-state index contributed by atoms with van der Waals surface area (Å²) in [5.41, 5.74) is 1.22. The third-order valence-corrected chi connectivity index (χ3v) is 3.24. The Morgan fingerprint density at radius 3 is 2.95 bits per heavy atom. The molecule has 0 unspecified atom stereocenters. The Morgan fingerprint density at radius 1 is 1.20 bits per heavy atom. The van der Waals surface area contributed by atoms with E-state index >= 15 is 0 Å². The normalized spacial score (nSPS) is 13.4. The van der Waals surface area contributed by atoms with Crippen LogP contribution in [-0.4, -0.2) is 29.5 Å². The van der Waals surface area contributed by atoms with Gasteiger partial charge in [-0.05, 0) is 36.7 Å². The van der Waals surface area contributed by atoms with Crippen molar-refractivity contribution >= 4 is 0 Å². The van der Waals surface area contributed by atoms with Gasteiger partial charge in [0.1, 0.15) is 13.2 Å². The minimum Gasteiger partial charge on any atom is -0.486 e. The number of benzene rings is 1. The highest BCUT2D eigenvalue weighted by molar-refractivity contribution is 5.43. The molecule has 0 atom stereocenters. The smallest absolute Gasteiger partial charge is 0.161 e. The lowest BCUT2D eigenvalue weighted by Gasteiger charge is -2.19. The van der Waals surface area contributed by atoms with Crippen LogP contribution in [-0.2, 0) is 13.1 Å². The Kier molecular flexibility index (Phi) is 4.18. The summed E-state index contributed by atoms with van der Waals surface area (Å²) in [7, 11) is 0. The van der Waals surface area contributed by atoms with Gasteiger partial charge in [-0.25, -0.2) is 0 Å². The molecular formula is C15H19N3O2.